The molecule has 2 aromatic rings. The van der Waals surface area contributed by atoms with E-state index in [1.54, 1.807) is 6.92 Å². The van der Waals surface area contributed by atoms with Gasteiger partial charge in [0.05, 0.1) is 17.2 Å². The number of rotatable bonds is 2. The predicted octanol–water partition coefficient (Wildman–Crippen LogP) is 3.59. The molecule has 0 fully saturated rings. The summed E-state index contributed by atoms with van der Waals surface area (Å²) in [5, 5.41) is 0.980. The van der Waals surface area contributed by atoms with Crippen molar-refractivity contribution in [2.24, 2.45) is 0 Å². The zero-order chi connectivity index (χ0) is 13.6. The third-order valence-corrected chi connectivity index (χ3v) is 3.22. The summed E-state index contributed by atoms with van der Waals surface area (Å²) in [6, 6.07) is 9.70. The molecule has 3 nitrogen and oxygen atoms in total. The van der Waals surface area contributed by atoms with Gasteiger partial charge in [0, 0.05) is 11.0 Å². The van der Waals surface area contributed by atoms with Gasteiger partial charge in [-0.25, -0.2) is 4.98 Å². The lowest BCUT2D eigenvalue weighted by Crippen LogP contribution is -2.03. The SMILES string of the molecule is CC1=C(OC(C)C)c2nc3ccccc3cc2C1=O. The van der Waals surface area contributed by atoms with Crippen molar-refractivity contribution in [1.29, 1.82) is 0 Å². The molecule has 1 aromatic carbocycles. The van der Waals surface area contributed by atoms with Gasteiger partial charge in [0.1, 0.15) is 5.69 Å². The lowest BCUT2D eigenvalue weighted by atomic mass is 10.1. The van der Waals surface area contributed by atoms with Gasteiger partial charge in [-0.05, 0) is 32.9 Å². The molecule has 0 aliphatic heterocycles. The first-order valence-corrected chi connectivity index (χ1v) is 6.40. The number of pyridine rings is 1. The maximum Gasteiger partial charge on any atom is 0.194 e. The number of para-hydroxylation sites is 1. The van der Waals surface area contributed by atoms with E-state index in [2.05, 4.69) is 4.98 Å². The number of nitrogens with zero attached hydrogens (tertiary/aromatic N) is 1. The van der Waals surface area contributed by atoms with E-state index in [9.17, 15) is 4.79 Å². The number of ketones is 1. The number of Topliss-reactive ketones (excluding diaryl/α,β-unsaturated/α-hetero) is 1. The number of carbonyl (C=O) groups excluding carboxylic acids is 1. The average molecular weight is 253 g/mol. The monoisotopic (exact) mass is 253 g/mol. The van der Waals surface area contributed by atoms with Crippen LogP contribution in [-0.4, -0.2) is 16.9 Å². The van der Waals surface area contributed by atoms with E-state index in [-0.39, 0.29) is 11.9 Å². The van der Waals surface area contributed by atoms with Gasteiger partial charge in [-0.2, -0.15) is 0 Å². The maximum absolute atomic E-state index is 12.3. The Morgan fingerprint density at radius 3 is 2.68 bits per heavy atom. The Hall–Kier alpha value is -2.16. The van der Waals surface area contributed by atoms with Crippen molar-refractivity contribution in [3.05, 3.63) is 47.2 Å². The Balaban J connectivity index is 2.23. The molecule has 0 atom stereocenters. The topological polar surface area (TPSA) is 39.2 Å². The molecule has 0 unspecified atom stereocenters. The Bertz CT molecular complexity index is 714. The highest BCUT2D eigenvalue weighted by molar-refractivity contribution is 6.19. The molecule has 3 rings (SSSR count). The van der Waals surface area contributed by atoms with Crippen LogP contribution in [0.2, 0.25) is 0 Å². The summed E-state index contributed by atoms with van der Waals surface area (Å²) in [7, 11) is 0. The molecule has 0 saturated heterocycles. The van der Waals surface area contributed by atoms with Gasteiger partial charge in [-0.1, -0.05) is 18.2 Å². The Morgan fingerprint density at radius 1 is 1.21 bits per heavy atom. The smallest absolute Gasteiger partial charge is 0.194 e. The summed E-state index contributed by atoms with van der Waals surface area (Å²) in [5.41, 5.74) is 2.85. The lowest BCUT2D eigenvalue weighted by molar-refractivity contribution is 0.103. The van der Waals surface area contributed by atoms with Gasteiger partial charge in [0.2, 0.25) is 0 Å². The van der Waals surface area contributed by atoms with Crippen molar-refractivity contribution in [3.8, 4) is 0 Å². The van der Waals surface area contributed by atoms with Crippen LogP contribution >= 0.6 is 0 Å². The number of hydrogen-bond acceptors (Lipinski definition) is 3. The first-order chi connectivity index (χ1) is 9.08. The Labute approximate surface area is 111 Å². The fourth-order valence-electron chi connectivity index (χ4n) is 2.32. The standard InChI is InChI=1S/C16H15NO2/c1-9(2)19-16-10(3)15(18)12-8-11-6-4-5-7-13(11)17-14(12)16/h4-9H,1-3H3. The van der Waals surface area contributed by atoms with Crippen LogP contribution in [0.1, 0.15) is 36.8 Å². The Kier molecular flexibility index (Phi) is 2.63. The molecule has 1 aliphatic rings. The first-order valence-electron chi connectivity index (χ1n) is 6.40. The molecule has 0 bridgehead atoms. The molecule has 96 valence electrons. The second kappa shape index (κ2) is 4.19. The lowest BCUT2D eigenvalue weighted by Gasteiger charge is -2.12. The van der Waals surface area contributed by atoms with E-state index in [0.717, 1.165) is 10.9 Å². The van der Waals surface area contributed by atoms with Gasteiger partial charge >= 0.3 is 0 Å². The molecule has 0 amide bonds. The minimum atomic E-state index is 0.0175. The zero-order valence-electron chi connectivity index (χ0n) is 11.2. The van der Waals surface area contributed by atoms with E-state index < -0.39 is 0 Å². The van der Waals surface area contributed by atoms with Crippen LogP contribution in [0.4, 0.5) is 0 Å². The van der Waals surface area contributed by atoms with Crippen molar-refractivity contribution >= 4 is 22.4 Å². The van der Waals surface area contributed by atoms with Crippen LogP contribution in [0.15, 0.2) is 35.9 Å². The molecule has 19 heavy (non-hydrogen) atoms. The first kappa shape index (κ1) is 11.9. The predicted molar refractivity (Wildman–Crippen MR) is 74.9 cm³/mol. The number of benzene rings is 1. The zero-order valence-corrected chi connectivity index (χ0v) is 11.2. The number of aromatic nitrogens is 1. The van der Waals surface area contributed by atoms with Crippen LogP contribution in [0.25, 0.3) is 16.7 Å². The number of hydrogen-bond donors (Lipinski definition) is 0. The normalized spacial score (nSPS) is 14.4. The maximum atomic E-state index is 12.3. The second-order valence-electron chi connectivity index (χ2n) is 5.03. The highest BCUT2D eigenvalue weighted by Gasteiger charge is 2.30. The third-order valence-electron chi connectivity index (χ3n) is 3.22. The highest BCUT2D eigenvalue weighted by Crippen LogP contribution is 2.34. The van der Waals surface area contributed by atoms with Crippen LogP contribution < -0.4 is 0 Å². The van der Waals surface area contributed by atoms with Gasteiger partial charge in [-0.3, -0.25) is 4.79 Å². The molecule has 3 heteroatoms. The molecule has 0 saturated carbocycles. The van der Waals surface area contributed by atoms with Crippen molar-refractivity contribution in [2.75, 3.05) is 0 Å². The van der Waals surface area contributed by atoms with Crippen LogP contribution in [0, 0.1) is 0 Å². The molecule has 0 spiro atoms. The summed E-state index contributed by atoms with van der Waals surface area (Å²) in [5.74, 6) is 0.643. The molecular formula is C16H15NO2. The summed E-state index contributed by atoms with van der Waals surface area (Å²) >= 11 is 0. The summed E-state index contributed by atoms with van der Waals surface area (Å²) < 4.78 is 5.77. The number of carbonyl (C=O) groups is 1. The van der Waals surface area contributed by atoms with Gasteiger partial charge in [0.15, 0.2) is 11.5 Å². The summed E-state index contributed by atoms with van der Waals surface area (Å²) in [4.78, 5) is 16.8. The molecule has 1 heterocycles. The quantitative estimate of drug-likeness (QED) is 0.821. The van der Waals surface area contributed by atoms with Gasteiger partial charge < -0.3 is 4.74 Å². The fourth-order valence-corrected chi connectivity index (χ4v) is 2.32. The third kappa shape index (κ3) is 1.82. The summed E-state index contributed by atoms with van der Waals surface area (Å²) in [6.45, 7) is 5.69. The molecule has 0 N–H and O–H groups in total. The van der Waals surface area contributed by atoms with Crippen molar-refractivity contribution in [2.45, 2.75) is 26.9 Å². The Morgan fingerprint density at radius 2 is 1.95 bits per heavy atom. The second-order valence-corrected chi connectivity index (χ2v) is 5.03. The number of allylic oxidation sites excluding steroid dienone is 1. The van der Waals surface area contributed by atoms with E-state index >= 15 is 0 Å². The van der Waals surface area contributed by atoms with E-state index in [1.807, 2.05) is 44.2 Å². The van der Waals surface area contributed by atoms with Crippen molar-refractivity contribution in [3.63, 3.8) is 0 Å². The summed E-state index contributed by atoms with van der Waals surface area (Å²) in [6.07, 6.45) is 0.0250. The number of ether oxygens (including phenoxy) is 1. The molecule has 1 aromatic heterocycles. The molecular weight excluding hydrogens is 238 g/mol. The van der Waals surface area contributed by atoms with Crippen LogP contribution in [0.3, 0.4) is 0 Å². The van der Waals surface area contributed by atoms with E-state index in [1.165, 1.54) is 0 Å². The molecule has 1 aliphatic carbocycles. The van der Waals surface area contributed by atoms with E-state index in [0.29, 0.717) is 22.6 Å². The van der Waals surface area contributed by atoms with Gasteiger partial charge in [0.25, 0.3) is 0 Å². The largest absolute Gasteiger partial charge is 0.488 e. The van der Waals surface area contributed by atoms with Crippen molar-refractivity contribution in [1.82, 2.24) is 4.98 Å². The fraction of sp³-hybridized carbons (Fsp3) is 0.250. The average Bonchev–Trinajstić information content (AvgIpc) is 2.61. The highest BCUT2D eigenvalue weighted by atomic mass is 16.5. The minimum absolute atomic E-state index is 0.0175. The van der Waals surface area contributed by atoms with Gasteiger partial charge in [-0.15, -0.1) is 0 Å². The van der Waals surface area contributed by atoms with Crippen molar-refractivity contribution < 1.29 is 9.53 Å². The number of fused-ring (bicyclic) bond motifs is 2. The minimum Gasteiger partial charge on any atom is -0.488 e. The van der Waals surface area contributed by atoms with E-state index in [4.69, 9.17) is 4.74 Å². The molecule has 0 radical (unpaired) electrons. The van der Waals surface area contributed by atoms with Crippen LogP contribution in [-0.2, 0) is 4.74 Å². The van der Waals surface area contributed by atoms with Crippen LogP contribution in [0.5, 0.6) is 0 Å².